The molecule has 4 heteroatoms. The summed E-state index contributed by atoms with van der Waals surface area (Å²) in [4.78, 5) is 1.25. The molecule has 0 aromatic heterocycles. The number of benzene rings is 1. The van der Waals surface area contributed by atoms with Crippen LogP contribution in [-0.2, 0) is 4.74 Å². The second-order valence-corrected chi connectivity index (χ2v) is 6.08. The van der Waals surface area contributed by atoms with Crippen LogP contribution in [0.2, 0.25) is 0 Å². The van der Waals surface area contributed by atoms with E-state index in [1.54, 1.807) is 18.9 Å². The average Bonchev–Trinajstić information content (AvgIpc) is 2.34. The fourth-order valence-corrected chi connectivity index (χ4v) is 3.14. The van der Waals surface area contributed by atoms with E-state index in [-0.39, 0.29) is 6.04 Å². The Morgan fingerprint density at radius 1 is 1.41 bits per heavy atom. The van der Waals surface area contributed by atoms with Crippen molar-refractivity contribution in [2.45, 2.75) is 24.3 Å². The Balaban J connectivity index is 2.37. The van der Waals surface area contributed by atoms with Gasteiger partial charge in [-0.05, 0) is 40.4 Å². The SMILES string of the molecule is COCCC(C)C(N)CSc1ccccc1Br. The second kappa shape index (κ2) is 8.14. The molecule has 0 heterocycles. The quantitative estimate of drug-likeness (QED) is 0.781. The van der Waals surface area contributed by atoms with E-state index >= 15 is 0 Å². The Bertz CT molecular complexity index is 335. The van der Waals surface area contributed by atoms with Gasteiger partial charge in [-0.3, -0.25) is 0 Å². The summed E-state index contributed by atoms with van der Waals surface area (Å²) in [6.45, 7) is 2.97. The molecule has 1 aromatic carbocycles. The highest BCUT2D eigenvalue weighted by Gasteiger charge is 2.13. The summed E-state index contributed by atoms with van der Waals surface area (Å²) in [7, 11) is 1.73. The van der Waals surface area contributed by atoms with Crippen LogP contribution < -0.4 is 5.73 Å². The van der Waals surface area contributed by atoms with Crippen LogP contribution in [-0.4, -0.2) is 25.5 Å². The lowest BCUT2D eigenvalue weighted by molar-refractivity contribution is 0.176. The third kappa shape index (κ3) is 5.42. The molecule has 96 valence electrons. The fourth-order valence-electron chi connectivity index (χ4n) is 1.43. The third-order valence-corrected chi connectivity index (χ3v) is 4.95. The van der Waals surface area contributed by atoms with E-state index < -0.39 is 0 Å². The predicted octanol–water partition coefficient (Wildman–Crippen LogP) is 3.54. The molecule has 0 aliphatic heterocycles. The smallest absolute Gasteiger partial charge is 0.0465 e. The van der Waals surface area contributed by atoms with Gasteiger partial charge in [-0.25, -0.2) is 0 Å². The highest BCUT2D eigenvalue weighted by molar-refractivity contribution is 9.10. The summed E-state index contributed by atoms with van der Waals surface area (Å²) in [5.74, 6) is 1.43. The summed E-state index contributed by atoms with van der Waals surface area (Å²) in [6.07, 6.45) is 1.02. The number of thioether (sulfide) groups is 1. The molecule has 2 nitrogen and oxygen atoms in total. The van der Waals surface area contributed by atoms with Crippen LogP contribution in [0.4, 0.5) is 0 Å². The number of rotatable bonds is 7. The number of hydrogen-bond acceptors (Lipinski definition) is 3. The number of hydrogen-bond donors (Lipinski definition) is 1. The van der Waals surface area contributed by atoms with E-state index in [4.69, 9.17) is 10.5 Å². The lowest BCUT2D eigenvalue weighted by Crippen LogP contribution is -2.31. The molecule has 0 radical (unpaired) electrons. The van der Waals surface area contributed by atoms with E-state index in [1.165, 1.54) is 4.90 Å². The van der Waals surface area contributed by atoms with Crippen LogP contribution in [0.15, 0.2) is 33.6 Å². The molecule has 2 unspecified atom stereocenters. The zero-order valence-corrected chi connectivity index (χ0v) is 12.8. The van der Waals surface area contributed by atoms with Crippen molar-refractivity contribution in [3.8, 4) is 0 Å². The Kier molecular flexibility index (Phi) is 7.19. The number of nitrogens with two attached hydrogens (primary N) is 1. The maximum absolute atomic E-state index is 6.16. The van der Waals surface area contributed by atoms with E-state index in [9.17, 15) is 0 Å². The van der Waals surface area contributed by atoms with Gasteiger partial charge in [0.15, 0.2) is 0 Å². The van der Waals surface area contributed by atoms with Crippen molar-refractivity contribution in [1.29, 1.82) is 0 Å². The fraction of sp³-hybridized carbons (Fsp3) is 0.538. The Hall–Kier alpha value is -0.0300. The van der Waals surface area contributed by atoms with Crippen molar-refractivity contribution in [3.05, 3.63) is 28.7 Å². The molecule has 17 heavy (non-hydrogen) atoms. The van der Waals surface area contributed by atoms with Crippen LogP contribution in [0, 0.1) is 5.92 Å². The van der Waals surface area contributed by atoms with Gasteiger partial charge in [0, 0.05) is 34.9 Å². The minimum absolute atomic E-state index is 0.210. The first kappa shape index (κ1) is 15.0. The van der Waals surface area contributed by atoms with E-state index in [2.05, 4.69) is 35.0 Å². The average molecular weight is 318 g/mol. The Labute approximate surface area is 116 Å². The van der Waals surface area contributed by atoms with Crippen LogP contribution in [0.3, 0.4) is 0 Å². The highest BCUT2D eigenvalue weighted by atomic mass is 79.9. The summed E-state index contributed by atoms with van der Waals surface area (Å²) in [6, 6.07) is 8.45. The van der Waals surface area contributed by atoms with Crippen LogP contribution >= 0.6 is 27.7 Å². The van der Waals surface area contributed by atoms with Gasteiger partial charge in [0.05, 0.1) is 0 Å². The molecule has 0 bridgehead atoms. The van der Waals surface area contributed by atoms with Crippen molar-refractivity contribution in [3.63, 3.8) is 0 Å². The van der Waals surface area contributed by atoms with Crippen molar-refractivity contribution in [1.82, 2.24) is 0 Å². The van der Waals surface area contributed by atoms with Crippen molar-refractivity contribution in [2.75, 3.05) is 19.5 Å². The molecule has 1 aromatic rings. The molecule has 0 saturated heterocycles. The molecule has 0 aliphatic carbocycles. The first-order valence-electron chi connectivity index (χ1n) is 5.77. The van der Waals surface area contributed by atoms with Gasteiger partial charge in [0.2, 0.25) is 0 Å². The molecule has 0 fully saturated rings. The lowest BCUT2D eigenvalue weighted by atomic mass is 10.0. The molecule has 0 amide bonds. The summed E-state index contributed by atoms with van der Waals surface area (Å²) >= 11 is 5.35. The van der Waals surface area contributed by atoms with Crippen LogP contribution in [0.5, 0.6) is 0 Å². The standard InChI is InChI=1S/C13H20BrNOS/c1-10(7-8-16-2)12(15)9-17-13-6-4-3-5-11(13)14/h3-6,10,12H,7-9,15H2,1-2H3. The second-order valence-electron chi connectivity index (χ2n) is 4.16. The first-order valence-corrected chi connectivity index (χ1v) is 7.55. The van der Waals surface area contributed by atoms with Gasteiger partial charge in [-0.1, -0.05) is 19.1 Å². The molecule has 0 spiro atoms. The van der Waals surface area contributed by atoms with E-state index in [1.807, 2.05) is 12.1 Å². The van der Waals surface area contributed by atoms with Crippen LogP contribution in [0.25, 0.3) is 0 Å². The minimum Gasteiger partial charge on any atom is -0.385 e. The van der Waals surface area contributed by atoms with Crippen molar-refractivity contribution >= 4 is 27.7 Å². The molecule has 2 N–H and O–H groups in total. The predicted molar refractivity (Wildman–Crippen MR) is 78.5 cm³/mol. The van der Waals surface area contributed by atoms with Gasteiger partial charge in [-0.15, -0.1) is 11.8 Å². The summed E-state index contributed by atoms with van der Waals surface area (Å²) < 4.78 is 6.22. The minimum atomic E-state index is 0.210. The molecule has 1 rings (SSSR count). The maximum atomic E-state index is 6.16. The number of ether oxygens (including phenoxy) is 1. The van der Waals surface area contributed by atoms with Gasteiger partial charge in [0.25, 0.3) is 0 Å². The van der Waals surface area contributed by atoms with E-state index in [0.29, 0.717) is 5.92 Å². The normalized spacial score (nSPS) is 14.6. The first-order chi connectivity index (χ1) is 8.15. The Morgan fingerprint density at radius 2 is 2.12 bits per heavy atom. The zero-order valence-electron chi connectivity index (χ0n) is 10.4. The number of methoxy groups -OCH3 is 1. The van der Waals surface area contributed by atoms with Gasteiger partial charge >= 0.3 is 0 Å². The molecule has 2 atom stereocenters. The Morgan fingerprint density at radius 3 is 2.76 bits per heavy atom. The highest BCUT2D eigenvalue weighted by Crippen LogP contribution is 2.28. The molecule has 0 saturated carbocycles. The van der Waals surface area contributed by atoms with Gasteiger partial charge in [0.1, 0.15) is 0 Å². The van der Waals surface area contributed by atoms with Crippen LogP contribution in [0.1, 0.15) is 13.3 Å². The molecular weight excluding hydrogens is 298 g/mol. The summed E-state index contributed by atoms with van der Waals surface area (Å²) in [5, 5.41) is 0. The lowest BCUT2D eigenvalue weighted by Gasteiger charge is -2.19. The monoisotopic (exact) mass is 317 g/mol. The third-order valence-electron chi connectivity index (χ3n) is 2.78. The number of halogens is 1. The zero-order chi connectivity index (χ0) is 12.7. The summed E-state index contributed by atoms with van der Waals surface area (Å²) in [5.41, 5.74) is 6.16. The van der Waals surface area contributed by atoms with Gasteiger partial charge < -0.3 is 10.5 Å². The topological polar surface area (TPSA) is 35.2 Å². The largest absolute Gasteiger partial charge is 0.385 e. The van der Waals surface area contributed by atoms with Crippen molar-refractivity contribution < 1.29 is 4.74 Å². The maximum Gasteiger partial charge on any atom is 0.0465 e. The van der Waals surface area contributed by atoms with Gasteiger partial charge in [-0.2, -0.15) is 0 Å². The van der Waals surface area contributed by atoms with E-state index in [0.717, 1.165) is 23.3 Å². The molecule has 0 aliphatic rings. The molecular formula is C13H20BrNOS. The van der Waals surface area contributed by atoms with Crippen molar-refractivity contribution in [2.24, 2.45) is 11.7 Å².